The number of nitrogens with zero attached hydrogens (tertiary/aromatic N) is 3. The van der Waals surface area contributed by atoms with Gasteiger partial charge < -0.3 is 9.32 Å². The van der Waals surface area contributed by atoms with E-state index in [9.17, 15) is 4.39 Å². The van der Waals surface area contributed by atoms with E-state index in [0.717, 1.165) is 61.5 Å². The predicted molar refractivity (Wildman–Crippen MR) is 222 cm³/mol. The highest BCUT2D eigenvalue weighted by Crippen LogP contribution is 2.43. The fourth-order valence-electron chi connectivity index (χ4n) is 7.77. The first kappa shape index (κ1) is 33.4. The number of para-hydroxylation sites is 5. The maximum Gasteiger partial charge on any atom is 0.149 e. The fourth-order valence-corrected chi connectivity index (χ4v) is 7.77. The van der Waals surface area contributed by atoms with Crippen LogP contribution in [0.5, 0.6) is 0 Å². The molecule has 7 aromatic carbocycles. The largest absolute Gasteiger partial charge is 0.455 e. The van der Waals surface area contributed by atoms with Gasteiger partial charge in [0, 0.05) is 33.9 Å². The summed E-state index contributed by atoms with van der Waals surface area (Å²) in [6, 6.07) is 53.8. The molecule has 264 valence electrons. The SMILES string of the molecule is CC(C)c1cc(-c2ccc(N(c3ccccc3)c3ccccc3)cc2)cc(C(C)C)c1-n1c(-c2cccc3c2oc2cc(F)ccc23)nc2ccccc21. The van der Waals surface area contributed by atoms with Crippen molar-refractivity contribution in [2.45, 2.75) is 39.5 Å². The molecule has 0 saturated carbocycles. The van der Waals surface area contributed by atoms with Crippen LogP contribution >= 0.6 is 0 Å². The van der Waals surface area contributed by atoms with E-state index in [1.807, 2.05) is 18.2 Å². The predicted octanol–water partition coefficient (Wildman–Crippen LogP) is 14.1. The maximum atomic E-state index is 14.3. The Bertz CT molecular complexity index is 2710. The third-order valence-electron chi connectivity index (χ3n) is 10.4. The standard InChI is InChI=1S/C49H40FN3O/c1-31(2)42-28-34(33-22-25-38(26-23-33)52(36-14-7-5-8-15-36)37-16-9-6-10-17-37)29-43(32(3)4)47(42)53-45-21-12-11-20-44(45)51-49(53)41-19-13-18-40-39-27-24-35(50)30-46(39)54-48(40)41/h5-32H,1-4H3. The van der Waals surface area contributed by atoms with E-state index in [1.54, 1.807) is 6.07 Å². The average molecular weight is 706 g/mol. The summed E-state index contributed by atoms with van der Waals surface area (Å²) in [4.78, 5) is 7.57. The summed E-state index contributed by atoms with van der Waals surface area (Å²) in [6.07, 6.45) is 0. The van der Waals surface area contributed by atoms with E-state index in [4.69, 9.17) is 9.40 Å². The third-order valence-corrected chi connectivity index (χ3v) is 10.4. The molecular formula is C49H40FN3O. The second-order valence-electron chi connectivity index (χ2n) is 14.6. The van der Waals surface area contributed by atoms with E-state index >= 15 is 0 Å². The van der Waals surface area contributed by atoms with Crippen LogP contribution in [0.4, 0.5) is 21.5 Å². The van der Waals surface area contributed by atoms with Gasteiger partial charge in [-0.15, -0.1) is 0 Å². The number of furan rings is 1. The highest BCUT2D eigenvalue weighted by atomic mass is 19.1. The Morgan fingerprint density at radius 2 is 1.19 bits per heavy atom. The van der Waals surface area contributed by atoms with Crippen LogP contribution in [0.15, 0.2) is 162 Å². The molecule has 9 rings (SSSR count). The molecule has 54 heavy (non-hydrogen) atoms. The molecule has 0 unspecified atom stereocenters. The van der Waals surface area contributed by atoms with Gasteiger partial charge in [0.05, 0.1) is 22.3 Å². The minimum atomic E-state index is -0.321. The van der Waals surface area contributed by atoms with Gasteiger partial charge >= 0.3 is 0 Å². The number of hydrogen-bond acceptors (Lipinski definition) is 3. The normalized spacial score (nSPS) is 11.8. The van der Waals surface area contributed by atoms with Crippen molar-refractivity contribution in [3.8, 4) is 28.2 Å². The Labute approximate surface area is 314 Å². The van der Waals surface area contributed by atoms with Crippen molar-refractivity contribution in [2.24, 2.45) is 0 Å². The third kappa shape index (κ3) is 5.73. The Morgan fingerprint density at radius 3 is 1.83 bits per heavy atom. The van der Waals surface area contributed by atoms with Gasteiger partial charge in [-0.1, -0.05) is 100 Å². The van der Waals surface area contributed by atoms with E-state index in [-0.39, 0.29) is 17.7 Å². The molecule has 0 N–H and O–H groups in total. The molecule has 0 amide bonds. The monoisotopic (exact) mass is 705 g/mol. The topological polar surface area (TPSA) is 34.2 Å². The van der Waals surface area contributed by atoms with Gasteiger partial charge in [-0.25, -0.2) is 9.37 Å². The van der Waals surface area contributed by atoms with Crippen LogP contribution in [0.25, 0.3) is 61.2 Å². The number of halogens is 1. The number of hydrogen-bond donors (Lipinski definition) is 0. The van der Waals surface area contributed by atoms with Gasteiger partial charge in [0.15, 0.2) is 0 Å². The fraction of sp³-hybridized carbons (Fsp3) is 0.122. The number of rotatable bonds is 8. The smallest absolute Gasteiger partial charge is 0.149 e. The van der Waals surface area contributed by atoms with Gasteiger partial charge in [0.1, 0.15) is 22.8 Å². The molecular weight excluding hydrogens is 666 g/mol. The Hall–Kier alpha value is -6.46. The van der Waals surface area contributed by atoms with E-state index in [0.29, 0.717) is 11.2 Å². The Kier molecular flexibility index (Phi) is 8.35. The molecule has 0 spiro atoms. The molecule has 0 aliphatic carbocycles. The zero-order chi connectivity index (χ0) is 36.9. The quantitative estimate of drug-likeness (QED) is 0.158. The van der Waals surface area contributed by atoms with Crippen LogP contribution < -0.4 is 4.90 Å². The first-order valence-corrected chi connectivity index (χ1v) is 18.6. The summed E-state index contributed by atoms with van der Waals surface area (Å²) < 4.78 is 23.1. The lowest BCUT2D eigenvalue weighted by Crippen LogP contribution is -2.10. The molecule has 0 atom stereocenters. The highest BCUT2D eigenvalue weighted by Gasteiger charge is 2.25. The van der Waals surface area contributed by atoms with Crippen LogP contribution in [0, 0.1) is 5.82 Å². The molecule has 9 aromatic rings. The molecule has 4 nitrogen and oxygen atoms in total. The summed E-state index contributed by atoms with van der Waals surface area (Å²) in [6.45, 7) is 9.06. The van der Waals surface area contributed by atoms with Crippen LogP contribution in [0.2, 0.25) is 0 Å². The van der Waals surface area contributed by atoms with Crippen LogP contribution in [0.1, 0.15) is 50.7 Å². The molecule has 0 radical (unpaired) electrons. The van der Waals surface area contributed by atoms with E-state index in [2.05, 4.69) is 158 Å². The Morgan fingerprint density at radius 1 is 0.574 bits per heavy atom. The molecule has 0 aliphatic rings. The second-order valence-corrected chi connectivity index (χ2v) is 14.6. The average Bonchev–Trinajstić information content (AvgIpc) is 3.76. The van der Waals surface area contributed by atoms with Crippen LogP contribution in [0.3, 0.4) is 0 Å². The number of aromatic nitrogens is 2. The summed E-state index contributed by atoms with van der Waals surface area (Å²) in [5.74, 6) is 0.895. The maximum absolute atomic E-state index is 14.3. The number of benzene rings is 7. The minimum absolute atomic E-state index is 0.211. The summed E-state index contributed by atoms with van der Waals surface area (Å²) >= 11 is 0. The molecule has 0 fully saturated rings. The number of anilines is 3. The van der Waals surface area contributed by atoms with Gasteiger partial charge in [-0.05, 0) is 113 Å². The lowest BCUT2D eigenvalue weighted by molar-refractivity contribution is 0.618. The van der Waals surface area contributed by atoms with Crippen molar-refractivity contribution < 1.29 is 8.81 Å². The first-order valence-electron chi connectivity index (χ1n) is 18.6. The van der Waals surface area contributed by atoms with Crippen LogP contribution in [-0.4, -0.2) is 9.55 Å². The van der Waals surface area contributed by atoms with Crippen molar-refractivity contribution in [1.82, 2.24) is 9.55 Å². The van der Waals surface area contributed by atoms with Crippen molar-refractivity contribution in [2.75, 3.05) is 4.90 Å². The van der Waals surface area contributed by atoms with Crippen molar-refractivity contribution >= 4 is 50.0 Å². The molecule has 5 heteroatoms. The van der Waals surface area contributed by atoms with Crippen molar-refractivity contribution in [3.05, 3.63) is 175 Å². The van der Waals surface area contributed by atoms with Crippen molar-refractivity contribution in [1.29, 1.82) is 0 Å². The van der Waals surface area contributed by atoms with Crippen LogP contribution in [-0.2, 0) is 0 Å². The Balaban J connectivity index is 1.22. The minimum Gasteiger partial charge on any atom is -0.455 e. The molecule has 2 aromatic heterocycles. The molecule has 2 heterocycles. The zero-order valence-corrected chi connectivity index (χ0v) is 30.8. The summed E-state index contributed by atoms with van der Waals surface area (Å²) in [5, 5.41) is 1.82. The van der Waals surface area contributed by atoms with Gasteiger partial charge in [-0.3, -0.25) is 4.57 Å². The van der Waals surface area contributed by atoms with Gasteiger partial charge in [0.25, 0.3) is 0 Å². The lowest BCUT2D eigenvalue weighted by Gasteiger charge is -2.26. The number of imidazole rings is 1. The van der Waals surface area contributed by atoms with Crippen molar-refractivity contribution in [3.63, 3.8) is 0 Å². The van der Waals surface area contributed by atoms with E-state index in [1.165, 1.54) is 28.8 Å². The van der Waals surface area contributed by atoms with Gasteiger partial charge in [-0.2, -0.15) is 0 Å². The molecule has 0 bridgehead atoms. The first-order chi connectivity index (χ1) is 26.4. The van der Waals surface area contributed by atoms with E-state index < -0.39 is 0 Å². The molecule has 0 saturated heterocycles. The highest BCUT2D eigenvalue weighted by molar-refractivity contribution is 6.09. The number of fused-ring (bicyclic) bond motifs is 4. The van der Waals surface area contributed by atoms with Gasteiger partial charge in [0.2, 0.25) is 0 Å². The summed E-state index contributed by atoms with van der Waals surface area (Å²) in [7, 11) is 0. The lowest BCUT2D eigenvalue weighted by atomic mass is 9.88. The summed E-state index contributed by atoms with van der Waals surface area (Å²) in [5.41, 5.74) is 13.3. The molecule has 0 aliphatic heterocycles. The zero-order valence-electron chi connectivity index (χ0n) is 30.8. The second kappa shape index (κ2) is 13.5.